The first kappa shape index (κ1) is 25.0. The molecule has 197 valence electrons. The Labute approximate surface area is 222 Å². The van der Waals surface area contributed by atoms with E-state index in [1.807, 2.05) is 42.5 Å². The average molecular weight is 533 g/mol. The molecule has 3 aliphatic heterocycles. The molecular formula is C29H30N3O5S. The van der Waals surface area contributed by atoms with Gasteiger partial charge in [0.2, 0.25) is 21.8 Å². The Balaban J connectivity index is 1.26. The van der Waals surface area contributed by atoms with Crippen molar-refractivity contribution in [2.45, 2.75) is 49.6 Å². The summed E-state index contributed by atoms with van der Waals surface area (Å²) in [6, 6.07) is 16.5. The van der Waals surface area contributed by atoms with Crippen molar-refractivity contribution in [1.29, 1.82) is 0 Å². The summed E-state index contributed by atoms with van der Waals surface area (Å²) in [5.41, 5.74) is 1.10. The SMILES string of the molecule is CC1C[C](C(=O)N[C@H]2CCCN(Cc3ccccc3)CC2=O)C23C=Cc4ccccc4C2S(=O)(=O)N3C1=O. The van der Waals surface area contributed by atoms with Gasteiger partial charge in [0.15, 0.2) is 5.78 Å². The van der Waals surface area contributed by atoms with Crippen LogP contribution in [0.25, 0.3) is 6.08 Å². The molecule has 2 amide bonds. The van der Waals surface area contributed by atoms with Crippen molar-refractivity contribution in [3.05, 3.63) is 83.3 Å². The minimum Gasteiger partial charge on any atom is -0.346 e. The predicted octanol–water partition coefficient (Wildman–Crippen LogP) is 2.63. The standard InChI is InChI=1S/C29H30N3O5S/c1-19-16-23(27(34)30-24-12-7-15-31(18-25(24)33)17-20-8-3-2-4-9-20)29-14-13-21-10-5-6-11-22(21)26(29)38(36,37)32(29)28(19)35/h2-6,8-11,13-14,19,24,26H,7,12,15-18H2,1H3,(H,30,34)/t19?,24-,26?,29?/m0/s1. The van der Waals surface area contributed by atoms with Crippen LogP contribution < -0.4 is 5.32 Å². The number of carbonyl (C=O) groups excluding carboxylic acids is 3. The summed E-state index contributed by atoms with van der Waals surface area (Å²) in [6.07, 6.45) is 4.88. The van der Waals surface area contributed by atoms with Gasteiger partial charge >= 0.3 is 0 Å². The molecule has 38 heavy (non-hydrogen) atoms. The van der Waals surface area contributed by atoms with Crippen LogP contribution in [0.2, 0.25) is 0 Å². The first-order valence-corrected chi connectivity index (χ1v) is 14.6. The molecule has 2 aromatic carbocycles. The van der Waals surface area contributed by atoms with Crippen molar-refractivity contribution in [2.24, 2.45) is 5.92 Å². The lowest BCUT2D eigenvalue weighted by atomic mass is 9.67. The summed E-state index contributed by atoms with van der Waals surface area (Å²) < 4.78 is 27.8. The number of piperidine rings is 1. The molecule has 2 aromatic rings. The number of hydrogen-bond acceptors (Lipinski definition) is 6. The van der Waals surface area contributed by atoms with E-state index in [1.165, 1.54) is 0 Å². The van der Waals surface area contributed by atoms with Gasteiger partial charge in [-0.2, -0.15) is 0 Å². The summed E-state index contributed by atoms with van der Waals surface area (Å²) in [4.78, 5) is 42.3. The van der Waals surface area contributed by atoms with Crippen LogP contribution in [0.4, 0.5) is 0 Å². The minimum absolute atomic E-state index is 0.0658. The summed E-state index contributed by atoms with van der Waals surface area (Å²) >= 11 is 0. The van der Waals surface area contributed by atoms with Crippen LogP contribution in [0, 0.1) is 11.8 Å². The number of Topliss-reactive ketones (excluding diaryl/α,β-unsaturated/α-hetero) is 1. The van der Waals surface area contributed by atoms with E-state index in [9.17, 15) is 22.8 Å². The van der Waals surface area contributed by atoms with Gasteiger partial charge in [-0.05, 0) is 42.5 Å². The maximum Gasteiger partial charge on any atom is 0.248 e. The van der Waals surface area contributed by atoms with E-state index in [0.29, 0.717) is 24.4 Å². The first-order chi connectivity index (χ1) is 18.2. The van der Waals surface area contributed by atoms with E-state index < -0.39 is 44.6 Å². The molecule has 6 rings (SSSR count). The number of ketones is 1. The zero-order valence-electron chi connectivity index (χ0n) is 21.2. The van der Waals surface area contributed by atoms with E-state index in [1.54, 1.807) is 31.2 Å². The van der Waals surface area contributed by atoms with Crippen LogP contribution in [0.5, 0.6) is 0 Å². The topological polar surface area (TPSA) is 104 Å². The van der Waals surface area contributed by atoms with Gasteiger partial charge in [-0.25, -0.2) is 12.7 Å². The highest BCUT2D eigenvalue weighted by Crippen LogP contribution is 2.62. The number of nitrogens with zero attached hydrogens (tertiary/aromatic N) is 2. The van der Waals surface area contributed by atoms with Crippen molar-refractivity contribution in [2.75, 3.05) is 13.1 Å². The predicted molar refractivity (Wildman–Crippen MR) is 142 cm³/mol. The fourth-order valence-corrected chi connectivity index (χ4v) is 8.95. The molecule has 0 aromatic heterocycles. The number of sulfonamides is 1. The van der Waals surface area contributed by atoms with E-state index >= 15 is 0 Å². The molecule has 9 heteroatoms. The molecule has 1 spiro atoms. The lowest BCUT2D eigenvalue weighted by Crippen LogP contribution is -2.77. The molecule has 4 atom stereocenters. The van der Waals surface area contributed by atoms with Gasteiger partial charge in [0.05, 0.1) is 18.5 Å². The molecule has 1 N–H and O–H groups in total. The molecule has 3 heterocycles. The smallest absolute Gasteiger partial charge is 0.248 e. The summed E-state index contributed by atoms with van der Waals surface area (Å²) in [5.74, 6) is -1.34. The fraction of sp³-hybridized carbons (Fsp3) is 0.379. The highest BCUT2D eigenvalue weighted by molar-refractivity contribution is 7.91. The Kier molecular flexibility index (Phi) is 6.03. The molecule has 1 aliphatic carbocycles. The number of hydrogen-bond donors (Lipinski definition) is 1. The highest BCUT2D eigenvalue weighted by Gasteiger charge is 2.74. The number of nitrogens with one attached hydrogen (secondary N) is 1. The number of fused-ring (bicyclic) bond motifs is 2. The zero-order valence-corrected chi connectivity index (χ0v) is 22.0. The number of carbonyl (C=O) groups is 3. The molecule has 1 radical (unpaired) electrons. The van der Waals surface area contributed by atoms with E-state index in [0.717, 1.165) is 28.4 Å². The van der Waals surface area contributed by atoms with Gasteiger partial charge in [0.25, 0.3) is 0 Å². The number of benzene rings is 2. The fourth-order valence-electron chi connectivity index (χ4n) is 6.46. The Morgan fingerprint density at radius 1 is 1.08 bits per heavy atom. The monoisotopic (exact) mass is 532 g/mol. The number of likely N-dealkylation sites (tertiary alicyclic amines) is 1. The van der Waals surface area contributed by atoms with Crippen molar-refractivity contribution in [3.63, 3.8) is 0 Å². The third-order valence-corrected chi connectivity index (χ3v) is 10.5. The van der Waals surface area contributed by atoms with Gasteiger partial charge in [0, 0.05) is 12.5 Å². The lowest BCUT2D eigenvalue weighted by Gasteiger charge is -2.62. The second-order valence-electron chi connectivity index (χ2n) is 10.7. The molecule has 4 aliphatic rings. The third kappa shape index (κ3) is 3.74. The average Bonchev–Trinajstić information content (AvgIpc) is 3.06. The van der Waals surface area contributed by atoms with Crippen molar-refractivity contribution in [3.8, 4) is 0 Å². The van der Waals surface area contributed by atoms with Crippen LogP contribution in [-0.2, 0) is 31.0 Å². The molecule has 3 unspecified atom stereocenters. The van der Waals surface area contributed by atoms with Gasteiger partial charge < -0.3 is 5.32 Å². The largest absolute Gasteiger partial charge is 0.346 e. The van der Waals surface area contributed by atoms with Crippen LogP contribution in [0.15, 0.2) is 60.7 Å². The normalized spacial score (nSPS) is 30.4. The van der Waals surface area contributed by atoms with Gasteiger partial charge in [-0.15, -0.1) is 0 Å². The van der Waals surface area contributed by atoms with Crippen molar-refractivity contribution >= 4 is 33.7 Å². The Morgan fingerprint density at radius 3 is 2.61 bits per heavy atom. The lowest BCUT2D eigenvalue weighted by molar-refractivity contribution is -0.141. The number of rotatable bonds is 4. The molecule has 0 bridgehead atoms. The highest BCUT2D eigenvalue weighted by atomic mass is 32.2. The maximum atomic E-state index is 13.8. The van der Waals surface area contributed by atoms with Crippen LogP contribution >= 0.6 is 0 Å². The molecule has 3 saturated heterocycles. The van der Waals surface area contributed by atoms with Crippen molar-refractivity contribution in [1.82, 2.24) is 14.5 Å². The second kappa shape index (κ2) is 9.17. The summed E-state index contributed by atoms with van der Waals surface area (Å²) in [7, 11) is -3.98. The van der Waals surface area contributed by atoms with Gasteiger partial charge in [-0.1, -0.05) is 73.7 Å². The van der Waals surface area contributed by atoms with E-state index in [-0.39, 0.29) is 18.7 Å². The quantitative estimate of drug-likeness (QED) is 0.649. The molecule has 3 fully saturated rings. The van der Waals surface area contributed by atoms with Crippen LogP contribution in [0.1, 0.15) is 48.1 Å². The van der Waals surface area contributed by atoms with Gasteiger partial charge in [-0.3, -0.25) is 19.3 Å². The Morgan fingerprint density at radius 2 is 1.82 bits per heavy atom. The molecule has 8 nitrogen and oxygen atoms in total. The van der Waals surface area contributed by atoms with Crippen molar-refractivity contribution < 1.29 is 22.8 Å². The molecule has 0 saturated carbocycles. The van der Waals surface area contributed by atoms with Crippen LogP contribution in [0.3, 0.4) is 0 Å². The Hall–Kier alpha value is -3.30. The Bertz CT molecular complexity index is 1440. The minimum atomic E-state index is -3.98. The van der Waals surface area contributed by atoms with E-state index in [4.69, 9.17) is 0 Å². The summed E-state index contributed by atoms with van der Waals surface area (Å²) in [6.45, 7) is 3.27. The molecular weight excluding hydrogens is 502 g/mol. The van der Waals surface area contributed by atoms with Gasteiger partial charge in [0.1, 0.15) is 10.8 Å². The first-order valence-electron chi connectivity index (χ1n) is 13.1. The van der Waals surface area contributed by atoms with E-state index in [2.05, 4.69) is 10.2 Å². The zero-order chi connectivity index (χ0) is 26.7. The summed E-state index contributed by atoms with van der Waals surface area (Å²) in [5, 5.41) is 1.90. The third-order valence-electron chi connectivity index (χ3n) is 8.26. The maximum absolute atomic E-state index is 13.8. The number of amides is 2. The second-order valence-corrected chi connectivity index (χ2v) is 12.6. The van der Waals surface area contributed by atoms with Crippen LogP contribution in [-0.4, -0.2) is 59.9 Å².